The molecular formula is C18H19NOS. The molecule has 1 unspecified atom stereocenters. The van der Waals surface area contributed by atoms with Gasteiger partial charge in [0.1, 0.15) is 11.9 Å². The second-order valence-electron chi connectivity index (χ2n) is 4.29. The van der Waals surface area contributed by atoms with Crippen LogP contribution in [0, 0.1) is 0 Å². The Morgan fingerprint density at radius 3 is 3.05 bits per heavy atom. The molecular weight excluding hydrogens is 278 g/mol. The monoisotopic (exact) mass is 307 g/mol. The van der Waals surface area contributed by atoms with Gasteiger partial charge in [-0.2, -0.15) is 0 Å². The molecule has 0 saturated heterocycles. The van der Waals surface area contributed by atoms with Crippen LogP contribution in [-0.4, -0.2) is 13.5 Å². The number of fused-ring (bicyclic) bond motifs is 1. The van der Waals surface area contributed by atoms with Gasteiger partial charge in [-0.3, -0.25) is 0 Å². The molecule has 0 aliphatic carbocycles. The standard InChI is InChI=1S/C18H19NOS/c1-19-12-11-17(18-10-5-13-21-18)20-16-9-4-7-14-6-2-3-8-15(14)16/h2-10,13,17,19H,11-12H2,1H3/i1D3,2D,3D,4D,6D,7D,8D,9D. The lowest BCUT2D eigenvalue weighted by molar-refractivity contribution is 0.201. The fourth-order valence-electron chi connectivity index (χ4n) is 1.96. The Morgan fingerprint density at radius 1 is 1.29 bits per heavy atom. The van der Waals surface area contributed by atoms with Gasteiger partial charge in [0.25, 0.3) is 0 Å². The van der Waals surface area contributed by atoms with E-state index in [1.54, 1.807) is 17.5 Å². The second-order valence-corrected chi connectivity index (χ2v) is 5.27. The van der Waals surface area contributed by atoms with Crippen LogP contribution in [0.3, 0.4) is 0 Å². The quantitative estimate of drug-likeness (QED) is 0.717. The average molecular weight is 307 g/mol. The molecule has 0 amide bonds. The molecule has 0 spiro atoms. The third-order valence-corrected chi connectivity index (χ3v) is 3.89. The highest BCUT2D eigenvalue weighted by Gasteiger charge is 2.15. The van der Waals surface area contributed by atoms with E-state index in [1.165, 1.54) is 11.3 Å². The molecule has 1 atom stereocenters. The van der Waals surface area contributed by atoms with Crippen LogP contribution in [0.4, 0.5) is 0 Å². The highest BCUT2D eigenvalue weighted by atomic mass is 32.1. The summed E-state index contributed by atoms with van der Waals surface area (Å²) in [7, 11) is 0. The maximum atomic E-state index is 8.32. The van der Waals surface area contributed by atoms with Gasteiger partial charge in [-0.1, -0.05) is 42.3 Å². The van der Waals surface area contributed by atoms with E-state index in [4.69, 9.17) is 18.4 Å². The number of thiophene rings is 1. The Hall–Kier alpha value is -1.84. The summed E-state index contributed by atoms with van der Waals surface area (Å²) in [6.07, 6.45) is -0.530. The van der Waals surface area contributed by atoms with E-state index < -0.39 is 55.4 Å². The number of hydrogen-bond donors (Lipinski definition) is 1. The highest BCUT2D eigenvalue weighted by molar-refractivity contribution is 7.10. The van der Waals surface area contributed by atoms with Gasteiger partial charge in [-0.15, -0.1) is 11.3 Å². The SMILES string of the molecule is [2H]c1c([2H])c([2H])c2c(OC(CCNC([2H])([2H])[2H])c3cccs3)c([2H])c([2H])c([2H])c2c1[2H]. The first-order valence-corrected chi connectivity index (χ1v) is 7.27. The summed E-state index contributed by atoms with van der Waals surface area (Å²) >= 11 is 1.35. The van der Waals surface area contributed by atoms with Crippen molar-refractivity contribution < 1.29 is 18.4 Å². The van der Waals surface area contributed by atoms with Crippen molar-refractivity contribution >= 4 is 22.1 Å². The van der Waals surface area contributed by atoms with E-state index in [2.05, 4.69) is 5.32 Å². The van der Waals surface area contributed by atoms with Crippen molar-refractivity contribution in [2.24, 2.45) is 0 Å². The van der Waals surface area contributed by atoms with E-state index >= 15 is 0 Å². The van der Waals surface area contributed by atoms with Crippen molar-refractivity contribution in [1.29, 1.82) is 0 Å². The van der Waals surface area contributed by atoms with Crippen LogP contribution in [0.5, 0.6) is 5.75 Å². The molecule has 1 aromatic heterocycles. The Labute approximate surface area is 143 Å². The normalized spacial score (nSPS) is 19.8. The average Bonchev–Trinajstić information content (AvgIpc) is 3.23. The van der Waals surface area contributed by atoms with Gasteiger partial charge < -0.3 is 10.1 Å². The summed E-state index contributed by atoms with van der Waals surface area (Å²) < 4.78 is 84.7. The zero-order valence-corrected chi connectivity index (χ0v) is 11.9. The summed E-state index contributed by atoms with van der Waals surface area (Å²) in [5.74, 6) is -0.227. The van der Waals surface area contributed by atoms with E-state index in [9.17, 15) is 0 Å². The summed E-state index contributed by atoms with van der Waals surface area (Å²) in [6, 6.07) is 0.0899. The third-order valence-electron chi connectivity index (χ3n) is 2.93. The molecule has 2 aromatic carbocycles. The molecule has 0 aliphatic heterocycles. The molecule has 0 bridgehead atoms. The molecule has 2 nitrogen and oxygen atoms in total. The van der Waals surface area contributed by atoms with Gasteiger partial charge in [0, 0.05) is 20.8 Å². The first kappa shape index (κ1) is 6.51. The lowest BCUT2D eigenvalue weighted by atomic mass is 10.1. The van der Waals surface area contributed by atoms with Crippen molar-refractivity contribution in [1.82, 2.24) is 5.32 Å². The second kappa shape index (κ2) is 6.74. The van der Waals surface area contributed by atoms with Crippen LogP contribution >= 0.6 is 11.3 Å². The largest absolute Gasteiger partial charge is 0.484 e. The lowest BCUT2D eigenvalue weighted by Crippen LogP contribution is -2.15. The Balaban J connectivity index is 2.16. The van der Waals surface area contributed by atoms with Crippen LogP contribution < -0.4 is 10.1 Å². The minimum absolute atomic E-state index is 0.0621. The third kappa shape index (κ3) is 3.26. The maximum absolute atomic E-state index is 8.32. The van der Waals surface area contributed by atoms with Gasteiger partial charge in [-0.25, -0.2) is 0 Å². The molecule has 1 N–H and O–H groups in total. The topological polar surface area (TPSA) is 21.3 Å². The van der Waals surface area contributed by atoms with Crippen LogP contribution in [0.2, 0.25) is 0 Å². The Morgan fingerprint density at radius 2 is 2.19 bits per heavy atom. The van der Waals surface area contributed by atoms with Crippen molar-refractivity contribution in [3.8, 4) is 5.75 Å². The highest BCUT2D eigenvalue weighted by Crippen LogP contribution is 2.32. The minimum Gasteiger partial charge on any atom is -0.484 e. The number of nitrogens with one attached hydrogen (secondary N) is 1. The van der Waals surface area contributed by atoms with E-state index in [-0.39, 0.29) is 29.5 Å². The number of hydrogen-bond acceptors (Lipinski definition) is 3. The van der Waals surface area contributed by atoms with Crippen LogP contribution in [0.1, 0.15) is 31.1 Å². The predicted octanol–water partition coefficient (Wildman–Crippen LogP) is 4.63. The molecule has 0 radical (unpaired) electrons. The van der Waals surface area contributed by atoms with E-state index in [0.29, 0.717) is 0 Å². The molecule has 0 aliphatic rings. The number of ether oxygens (including phenoxy) is 1. The van der Waals surface area contributed by atoms with Gasteiger partial charge in [0.15, 0.2) is 0 Å². The van der Waals surface area contributed by atoms with E-state index in [0.717, 1.165) is 4.88 Å². The molecule has 3 heteroatoms. The number of benzene rings is 2. The van der Waals surface area contributed by atoms with Gasteiger partial charge in [-0.05, 0) is 36.4 Å². The summed E-state index contributed by atoms with van der Waals surface area (Å²) in [6.45, 7) is -2.28. The molecule has 0 saturated carbocycles. The molecule has 0 fully saturated rings. The summed E-state index contributed by atoms with van der Waals surface area (Å²) in [4.78, 5) is 0.724. The van der Waals surface area contributed by atoms with Crippen LogP contribution in [-0.2, 0) is 0 Å². The molecule has 3 rings (SSSR count). The maximum Gasteiger partial charge on any atom is 0.134 e. The predicted molar refractivity (Wildman–Crippen MR) is 90.2 cm³/mol. The first-order chi connectivity index (χ1) is 14.4. The fraction of sp³-hybridized carbons (Fsp3) is 0.222. The summed E-state index contributed by atoms with van der Waals surface area (Å²) in [5.41, 5.74) is 0. The fourth-order valence-corrected chi connectivity index (χ4v) is 2.75. The summed E-state index contributed by atoms with van der Waals surface area (Å²) in [5, 5.41) is 3.88. The smallest absolute Gasteiger partial charge is 0.134 e. The molecule has 108 valence electrons. The van der Waals surface area contributed by atoms with Gasteiger partial charge >= 0.3 is 0 Å². The Kier molecular flexibility index (Phi) is 2.09. The molecule has 3 aromatic rings. The van der Waals surface area contributed by atoms with Crippen LogP contribution in [0.25, 0.3) is 10.8 Å². The van der Waals surface area contributed by atoms with Crippen molar-refractivity contribution in [3.05, 3.63) is 64.7 Å². The zero-order chi connectivity index (χ0) is 23.1. The Bertz CT molecular complexity index is 1110. The number of rotatable bonds is 6. The first-order valence-electron chi connectivity index (χ1n) is 11.4. The molecule has 21 heavy (non-hydrogen) atoms. The van der Waals surface area contributed by atoms with Crippen molar-refractivity contribution in [2.75, 3.05) is 13.5 Å². The minimum atomic E-state index is -2.34. The van der Waals surface area contributed by atoms with Crippen molar-refractivity contribution in [3.63, 3.8) is 0 Å². The zero-order valence-electron chi connectivity index (χ0n) is 21.0. The van der Waals surface area contributed by atoms with Gasteiger partial charge in [0.2, 0.25) is 0 Å². The van der Waals surface area contributed by atoms with Crippen LogP contribution in [0.15, 0.2) is 59.8 Å². The molecule has 1 heterocycles. The van der Waals surface area contributed by atoms with E-state index in [1.807, 2.05) is 0 Å². The van der Waals surface area contributed by atoms with Crippen molar-refractivity contribution in [2.45, 2.75) is 12.5 Å². The van der Waals surface area contributed by atoms with Gasteiger partial charge in [0.05, 0.1) is 9.60 Å². The lowest BCUT2D eigenvalue weighted by Gasteiger charge is -2.19.